The Morgan fingerprint density at radius 2 is 2.50 bits per heavy atom. The molecule has 2 N–H and O–H groups in total. The molecule has 0 bridgehead atoms. The van der Waals surface area contributed by atoms with E-state index in [1.54, 1.807) is 0 Å². The van der Waals surface area contributed by atoms with Gasteiger partial charge in [0.25, 0.3) is 0 Å². The monoisotopic (exact) mass is 310 g/mol. The predicted molar refractivity (Wildman–Crippen MR) is 63.3 cm³/mol. The summed E-state index contributed by atoms with van der Waals surface area (Å²) in [6.07, 6.45) is 1.78. The van der Waals surface area contributed by atoms with Gasteiger partial charge in [0.1, 0.15) is 6.10 Å². The first-order valence-corrected chi connectivity index (χ1v) is 5.79. The van der Waals surface area contributed by atoms with Gasteiger partial charge in [-0.25, -0.2) is 0 Å². The van der Waals surface area contributed by atoms with Crippen LogP contribution in [0.2, 0.25) is 0 Å². The van der Waals surface area contributed by atoms with E-state index in [4.69, 9.17) is 9.84 Å². The van der Waals surface area contributed by atoms with Gasteiger partial charge in [-0.3, -0.25) is 0 Å². The van der Waals surface area contributed by atoms with Crippen LogP contribution in [-0.2, 0) is 4.74 Å². The Bertz CT molecular complexity index is 248. The van der Waals surface area contributed by atoms with Crippen molar-refractivity contribution in [1.82, 2.24) is 0 Å². The summed E-state index contributed by atoms with van der Waals surface area (Å²) in [4.78, 5) is 0. The summed E-state index contributed by atoms with van der Waals surface area (Å²) >= 11 is 2.19. The maximum Gasteiger partial charge on any atom is 0.103 e. The summed E-state index contributed by atoms with van der Waals surface area (Å²) in [6.45, 7) is 2.35. The highest BCUT2D eigenvalue weighted by Gasteiger charge is 2.26. The molecule has 0 spiro atoms. The number of hydrogen-bond donors (Lipinski definition) is 2. The van der Waals surface area contributed by atoms with Gasteiger partial charge in [0, 0.05) is 0 Å². The molecule has 0 aliphatic carbocycles. The topological polar surface area (TPSA) is 49.7 Å². The van der Waals surface area contributed by atoms with E-state index in [2.05, 4.69) is 28.7 Å². The Labute approximate surface area is 97.6 Å². The molecule has 0 radical (unpaired) electrons. The highest BCUT2D eigenvalue weighted by Crippen LogP contribution is 2.22. The van der Waals surface area contributed by atoms with E-state index >= 15 is 0 Å². The molecule has 14 heavy (non-hydrogen) atoms. The average molecular weight is 310 g/mol. The molecule has 0 aromatic carbocycles. The van der Waals surface area contributed by atoms with E-state index in [1.165, 1.54) is 11.1 Å². The van der Waals surface area contributed by atoms with Gasteiger partial charge < -0.3 is 14.9 Å². The molecule has 2 atom stereocenters. The lowest BCUT2D eigenvalue weighted by Gasteiger charge is -2.13. The van der Waals surface area contributed by atoms with Crippen LogP contribution in [0.3, 0.4) is 0 Å². The maximum absolute atomic E-state index is 9.35. The van der Waals surface area contributed by atoms with Crippen LogP contribution >= 0.6 is 22.6 Å². The van der Waals surface area contributed by atoms with Gasteiger partial charge in [0.15, 0.2) is 0 Å². The Kier molecular flexibility index (Phi) is 5.08. The zero-order valence-electron chi connectivity index (χ0n) is 8.11. The van der Waals surface area contributed by atoms with Gasteiger partial charge in [0.05, 0.1) is 19.3 Å². The summed E-state index contributed by atoms with van der Waals surface area (Å²) in [5.74, 6) is 0. The largest absolute Gasteiger partial charge is 0.394 e. The molecular weight excluding hydrogens is 295 g/mol. The van der Waals surface area contributed by atoms with Crippen molar-refractivity contribution in [3.63, 3.8) is 0 Å². The SMILES string of the molecule is CC(=C/I)/C=C1\CO[C@@H](C(O)CO)C1. The van der Waals surface area contributed by atoms with Crippen molar-refractivity contribution < 1.29 is 14.9 Å². The highest BCUT2D eigenvalue weighted by molar-refractivity contribution is 14.1. The number of aliphatic hydroxyl groups excluding tert-OH is 2. The van der Waals surface area contributed by atoms with Gasteiger partial charge in [-0.1, -0.05) is 28.7 Å². The molecule has 1 fully saturated rings. The Balaban J connectivity index is 2.53. The fraction of sp³-hybridized carbons (Fsp3) is 0.600. The molecule has 1 unspecified atom stereocenters. The minimum atomic E-state index is -0.759. The maximum atomic E-state index is 9.35. The van der Waals surface area contributed by atoms with Crippen molar-refractivity contribution in [3.8, 4) is 0 Å². The highest BCUT2D eigenvalue weighted by atomic mass is 127. The number of rotatable bonds is 3. The van der Waals surface area contributed by atoms with E-state index in [0.29, 0.717) is 13.0 Å². The lowest BCUT2D eigenvalue weighted by molar-refractivity contribution is -0.0280. The lowest BCUT2D eigenvalue weighted by Crippen LogP contribution is -2.28. The van der Waals surface area contributed by atoms with E-state index in [0.717, 1.165) is 0 Å². The molecule has 1 aliphatic heterocycles. The van der Waals surface area contributed by atoms with Gasteiger partial charge in [-0.2, -0.15) is 0 Å². The second-order valence-electron chi connectivity index (χ2n) is 3.46. The number of aliphatic hydroxyl groups is 2. The fourth-order valence-electron chi connectivity index (χ4n) is 1.41. The molecule has 0 aromatic heterocycles. The third kappa shape index (κ3) is 3.34. The standard InChI is InChI=1S/C10H15IO3/c1-7(4-11)2-8-3-10(14-6-8)9(13)5-12/h2,4,9-10,12-13H,3,5-6H2,1H3/b7-4-,8-2-/t9?,10-/m1/s1. The lowest BCUT2D eigenvalue weighted by atomic mass is 10.1. The number of allylic oxidation sites excluding steroid dienone is 2. The number of ether oxygens (including phenoxy) is 1. The van der Waals surface area contributed by atoms with Crippen molar-refractivity contribution in [2.24, 2.45) is 0 Å². The Morgan fingerprint density at radius 3 is 3.07 bits per heavy atom. The van der Waals surface area contributed by atoms with Crippen LogP contribution in [0.4, 0.5) is 0 Å². The third-order valence-electron chi connectivity index (χ3n) is 2.17. The minimum Gasteiger partial charge on any atom is -0.394 e. The van der Waals surface area contributed by atoms with Crippen molar-refractivity contribution in [3.05, 3.63) is 21.3 Å². The molecular formula is C10H15IO3. The normalized spacial score (nSPS) is 28.4. The Morgan fingerprint density at radius 1 is 1.79 bits per heavy atom. The first kappa shape index (κ1) is 12.2. The summed E-state index contributed by atoms with van der Waals surface area (Å²) in [5.41, 5.74) is 2.36. The minimum absolute atomic E-state index is 0.237. The molecule has 3 nitrogen and oxygen atoms in total. The van der Waals surface area contributed by atoms with Gasteiger partial charge in [-0.05, 0) is 28.6 Å². The van der Waals surface area contributed by atoms with Crippen molar-refractivity contribution in [2.75, 3.05) is 13.2 Å². The van der Waals surface area contributed by atoms with E-state index in [9.17, 15) is 5.11 Å². The molecule has 0 aromatic rings. The van der Waals surface area contributed by atoms with Crippen molar-refractivity contribution in [1.29, 1.82) is 0 Å². The average Bonchev–Trinajstić information content (AvgIpc) is 2.65. The second kappa shape index (κ2) is 5.85. The van der Waals surface area contributed by atoms with Crippen LogP contribution in [0.5, 0.6) is 0 Å². The Hall–Kier alpha value is 0.0900. The predicted octanol–water partition coefficient (Wildman–Crippen LogP) is 1.39. The van der Waals surface area contributed by atoms with Crippen LogP contribution in [0, 0.1) is 0 Å². The molecule has 0 saturated carbocycles. The molecule has 1 aliphatic rings. The fourth-order valence-corrected chi connectivity index (χ4v) is 1.59. The van der Waals surface area contributed by atoms with Crippen LogP contribution in [0.1, 0.15) is 13.3 Å². The molecule has 1 heterocycles. The molecule has 80 valence electrons. The van der Waals surface area contributed by atoms with Gasteiger partial charge in [-0.15, -0.1) is 0 Å². The summed E-state index contributed by atoms with van der Waals surface area (Å²) < 4.78 is 7.36. The first-order chi connectivity index (χ1) is 6.67. The number of halogens is 1. The second-order valence-corrected chi connectivity index (χ2v) is 4.08. The first-order valence-electron chi connectivity index (χ1n) is 4.54. The van der Waals surface area contributed by atoms with Gasteiger partial charge >= 0.3 is 0 Å². The van der Waals surface area contributed by atoms with E-state index < -0.39 is 6.10 Å². The van der Waals surface area contributed by atoms with E-state index in [1.807, 2.05) is 11.0 Å². The van der Waals surface area contributed by atoms with E-state index in [-0.39, 0.29) is 12.7 Å². The third-order valence-corrected chi connectivity index (χ3v) is 3.15. The molecule has 1 saturated heterocycles. The molecule has 1 rings (SSSR count). The van der Waals surface area contributed by atoms with Crippen LogP contribution in [-0.4, -0.2) is 35.6 Å². The summed E-state index contributed by atoms with van der Waals surface area (Å²) in [7, 11) is 0. The zero-order valence-corrected chi connectivity index (χ0v) is 10.3. The zero-order chi connectivity index (χ0) is 10.6. The number of hydrogen-bond acceptors (Lipinski definition) is 3. The molecule has 0 amide bonds. The quantitative estimate of drug-likeness (QED) is 0.775. The molecule has 4 heteroatoms. The smallest absolute Gasteiger partial charge is 0.103 e. The summed E-state index contributed by atoms with van der Waals surface area (Å²) in [6, 6.07) is 0. The van der Waals surface area contributed by atoms with Crippen LogP contribution in [0.25, 0.3) is 0 Å². The van der Waals surface area contributed by atoms with Gasteiger partial charge in [0.2, 0.25) is 0 Å². The van der Waals surface area contributed by atoms with Crippen molar-refractivity contribution in [2.45, 2.75) is 25.6 Å². The van der Waals surface area contributed by atoms with Crippen molar-refractivity contribution >= 4 is 22.6 Å². The van der Waals surface area contributed by atoms with Crippen LogP contribution in [0.15, 0.2) is 21.3 Å². The summed E-state index contributed by atoms with van der Waals surface area (Å²) in [5, 5.41) is 18.1. The van der Waals surface area contributed by atoms with Crippen LogP contribution < -0.4 is 0 Å².